The molecule has 1 spiro atoms. The molecule has 0 aromatic rings. The minimum Gasteiger partial charge on any atom is -0.309 e. The smallest absolute Gasteiger partial charge is 0.0324 e. The van der Waals surface area contributed by atoms with Crippen LogP contribution in [0.15, 0.2) is 0 Å². The fourth-order valence-corrected chi connectivity index (χ4v) is 1.47. The van der Waals surface area contributed by atoms with E-state index in [0.717, 1.165) is 19.6 Å². The lowest BCUT2D eigenvalue weighted by atomic mass is 10.2. The third-order valence-electron chi connectivity index (χ3n) is 2.26. The van der Waals surface area contributed by atoms with Crippen molar-refractivity contribution in [1.29, 1.82) is 0 Å². The number of nitrogens with one attached hydrogen (secondary N) is 1. The molecule has 0 aromatic carbocycles. The topological polar surface area (TPSA) is 41.3 Å². The molecule has 2 rings (SSSR count). The third kappa shape index (κ3) is 0.956. The van der Waals surface area contributed by atoms with Crippen molar-refractivity contribution in [3.8, 4) is 0 Å². The molecular formula is C6H13N3. The van der Waals surface area contributed by atoms with Crippen molar-refractivity contribution < 1.29 is 0 Å². The van der Waals surface area contributed by atoms with E-state index >= 15 is 0 Å². The van der Waals surface area contributed by atoms with Crippen molar-refractivity contribution in [2.75, 3.05) is 19.6 Å². The van der Waals surface area contributed by atoms with Crippen molar-refractivity contribution in [3.05, 3.63) is 0 Å². The van der Waals surface area contributed by atoms with E-state index in [1.165, 1.54) is 12.8 Å². The third-order valence-corrected chi connectivity index (χ3v) is 2.26. The molecule has 0 bridgehead atoms. The first kappa shape index (κ1) is 5.65. The maximum Gasteiger partial charge on any atom is 0.0324 e. The number of nitrogens with two attached hydrogens (primary N) is 1. The van der Waals surface area contributed by atoms with Gasteiger partial charge in [0, 0.05) is 25.2 Å². The molecule has 3 heteroatoms. The summed E-state index contributed by atoms with van der Waals surface area (Å²) in [6.07, 6.45) is 2.64. The van der Waals surface area contributed by atoms with Gasteiger partial charge in [-0.2, -0.15) is 0 Å². The van der Waals surface area contributed by atoms with Gasteiger partial charge in [0.25, 0.3) is 0 Å². The second kappa shape index (κ2) is 1.68. The molecule has 1 saturated carbocycles. The highest BCUT2D eigenvalue weighted by molar-refractivity contribution is 5.05. The number of hydrogen-bond acceptors (Lipinski definition) is 3. The number of hydrazine groups is 1. The Labute approximate surface area is 55.2 Å². The van der Waals surface area contributed by atoms with Crippen molar-refractivity contribution in [3.63, 3.8) is 0 Å². The second-order valence-corrected chi connectivity index (χ2v) is 3.18. The van der Waals surface area contributed by atoms with E-state index in [-0.39, 0.29) is 0 Å². The Bertz CT molecular complexity index is 119. The van der Waals surface area contributed by atoms with E-state index in [1.807, 2.05) is 5.01 Å². The van der Waals surface area contributed by atoms with Gasteiger partial charge in [-0.3, -0.25) is 5.84 Å². The Morgan fingerprint density at radius 2 is 2.22 bits per heavy atom. The summed E-state index contributed by atoms with van der Waals surface area (Å²) in [4.78, 5) is 0. The second-order valence-electron chi connectivity index (χ2n) is 3.18. The Hall–Kier alpha value is -0.120. The minimum absolute atomic E-state index is 0.451. The summed E-state index contributed by atoms with van der Waals surface area (Å²) >= 11 is 0. The van der Waals surface area contributed by atoms with Gasteiger partial charge in [0.15, 0.2) is 0 Å². The van der Waals surface area contributed by atoms with Gasteiger partial charge >= 0.3 is 0 Å². The molecule has 1 aliphatic carbocycles. The van der Waals surface area contributed by atoms with Crippen LogP contribution in [0.4, 0.5) is 0 Å². The van der Waals surface area contributed by atoms with Crippen LogP contribution in [-0.4, -0.2) is 30.2 Å². The Morgan fingerprint density at radius 1 is 1.44 bits per heavy atom. The van der Waals surface area contributed by atoms with Gasteiger partial charge in [-0.15, -0.1) is 0 Å². The highest BCUT2D eigenvalue weighted by Crippen LogP contribution is 2.36. The van der Waals surface area contributed by atoms with Crippen LogP contribution in [-0.2, 0) is 0 Å². The average Bonchev–Trinajstić information content (AvgIpc) is 2.49. The Balaban J connectivity index is 1.96. The maximum absolute atomic E-state index is 5.64. The van der Waals surface area contributed by atoms with Gasteiger partial charge in [-0.05, 0) is 12.8 Å². The molecule has 2 fully saturated rings. The van der Waals surface area contributed by atoms with Crippen molar-refractivity contribution in [1.82, 2.24) is 10.3 Å². The standard InChI is InChI=1S/C6H13N3/c7-9-4-3-8-6(5-9)1-2-6/h8H,1-5,7H2. The first-order valence-corrected chi connectivity index (χ1v) is 3.55. The van der Waals surface area contributed by atoms with E-state index in [9.17, 15) is 0 Å². The predicted octanol–water partition coefficient (Wildman–Crippen LogP) is -0.702. The number of piperazine rings is 1. The van der Waals surface area contributed by atoms with Gasteiger partial charge in [0.05, 0.1) is 0 Å². The Kier molecular flexibility index (Phi) is 1.06. The molecule has 0 atom stereocenters. The highest BCUT2D eigenvalue weighted by atomic mass is 15.4. The van der Waals surface area contributed by atoms with Crippen LogP contribution < -0.4 is 11.2 Å². The predicted molar refractivity (Wildman–Crippen MR) is 35.7 cm³/mol. The zero-order valence-corrected chi connectivity index (χ0v) is 5.56. The lowest BCUT2D eigenvalue weighted by Gasteiger charge is -2.30. The Morgan fingerprint density at radius 3 is 2.67 bits per heavy atom. The summed E-state index contributed by atoms with van der Waals surface area (Å²) in [5.74, 6) is 5.64. The number of hydrogen-bond donors (Lipinski definition) is 2. The van der Waals surface area contributed by atoms with E-state index in [2.05, 4.69) is 5.32 Å². The average molecular weight is 127 g/mol. The fraction of sp³-hybridized carbons (Fsp3) is 1.00. The molecule has 52 valence electrons. The summed E-state index contributed by atoms with van der Waals surface area (Å²) < 4.78 is 0. The quantitative estimate of drug-likeness (QED) is 0.423. The normalized spacial score (nSPS) is 33.0. The molecule has 0 unspecified atom stereocenters. The molecule has 2 aliphatic rings. The van der Waals surface area contributed by atoms with Crippen LogP contribution in [0, 0.1) is 0 Å². The number of rotatable bonds is 0. The lowest BCUT2D eigenvalue weighted by molar-refractivity contribution is 0.193. The summed E-state index contributed by atoms with van der Waals surface area (Å²) in [7, 11) is 0. The maximum atomic E-state index is 5.64. The van der Waals surface area contributed by atoms with E-state index in [4.69, 9.17) is 5.84 Å². The summed E-state index contributed by atoms with van der Waals surface area (Å²) in [6.45, 7) is 3.12. The fourth-order valence-electron chi connectivity index (χ4n) is 1.47. The molecule has 9 heavy (non-hydrogen) atoms. The van der Waals surface area contributed by atoms with Gasteiger partial charge in [0.1, 0.15) is 0 Å². The molecule has 0 radical (unpaired) electrons. The summed E-state index contributed by atoms with van der Waals surface area (Å²) in [5, 5.41) is 5.40. The molecule has 3 nitrogen and oxygen atoms in total. The molecule has 0 aromatic heterocycles. The number of nitrogens with zero attached hydrogens (tertiary/aromatic N) is 1. The SMILES string of the molecule is NN1CCNC2(CC2)C1. The van der Waals surface area contributed by atoms with Crippen molar-refractivity contribution in [2.45, 2.75) is 18.4 Å². The lowest BCUT2D eigenvalue weighted by Crippen LogP contribution is -2.54. The van der Waals surface area contributed by atoms with Crippen LogP contribution in [0.2, 0.25) is 0 Å². The molecule has 3 N–H and O–H groups in total. The molecule has 0 amide bonds. The van der Waals surface area contributed by atoms with E-state index in [1.54, 1.807) is 0 Å². The molecule has 1 saturated heterocycles. The molecular weight excluding hydrogens is 114 g/mol. The van der Waals surface area contributed by atoms with Gasteiger partial charge in [0.2, 0.25) is 0 Å². The van der Waals surface area contributed by atoms with Crippen LogP contribution in [0.3, 0.4) is 0 Å². The first-order valence-electron chi connectivity index (χ1n) is 3.55. The van der Waals surface area contributed by atoms with Gasteiger partial charge in [-0.1, -0.05) is 0 Å². The van der Waals surface area contributed by atoms with Crippen LogP contribution in [0.1, 0.15) is 12.8 Å². The molecule has 1 heterocycles. The monoisotopic (exact) mass is 127 g/mol. The van der Waals surface area contributed by atoms with Crippen LogP contribution in [0.25, 0.3) is 0 Å². The van der Waals surface area contributed by atoms with Gasteiger partial charge in [-0.25, -0.2) is 5.01 Å². The zero-order valence-electron chi connectivity index (χ0n) is 5.56. The van der Waals surface area contributed by atoms with E-state index in [0.29, 0.717) is 5.54 Å². The first-order chi connectivity index (χ1) is 4.31. The van der Waals surface area contributed by atoms with E-state index < -0.39 is 0 Å². The zero-order chi connectivity index (χ0) is 6.32. The molecule has 1 aliphatic heterocycles. The van der Waals surface area contributed by atoms with Crippen LogP contribution in [0.5, 0.6) is 0 Å². The summed E-state index contributed by atoms with van der Waals surface area (Å²) in [5.41, 5.74) is 0.451. The highest BCUT2D eigenvalue weighted by Gasteiger charge is 2.44. The van der Waals surface area contributed by atoms with Crippen molar-refractivity contribution in [2.24, 2.45) is 5.84 Å². The van der Waals surface area contributed by atoms with Crippen LogP contribution >= 0.6 is 0 Å². The minimum atomic E-state index is 0.451. The van der Waals surface area contributed by atoms with Gasteiger partial charge < -0.3 is 5.32 Å². The largest absolute Gasteiger partial charge is 0.309 e. The summed E-state index contributed by atoms with van der Waals surface area (Å²) in [6, 6.07) is 0. The van der Waals surface area contributed by atoms with Crippen molar-refractivity contribution >= 4 is 0 Å².